The Labute approximate surface area is 268 Å². The monoisotopic (exact) mass is 621 g/mol. The van der Waals surface area contributed by atoms with Gasteiger partial charge >= 0.3 is 6.03 Å². The van der Waals surface area contributed by atoms with Crippen LogP contribution < -0.4 is 15.1 Å². The second-order valence-corrected chi connectivity index (χ2v) is 11.7. The molecule has 45 heavy (non-hydrogen) atoms. The molecule has 230 valence electrons. The minimum atomic E-state index is -0.393. The Morgan fingerprint density at radius 1 is 0.822 bits per heavy atom. The van der Waals surface area contributed by atoms with Gasteiger partial charge in [-0.15, -0.1) is 11.6 Å². The number of hydrogen-bond donors (Lipinski definition) is 2. The zero-order valence-electron chi connectivity index (χ0n) is 25.0. The van der Waals surface area contributed by atoms with E-state index >= 15 is 0 Å². The molecule has 2 N–H and O–H groups in total. The molecule has 2 saturated heterocycles. The minimum absolute atomic E-state index is 0.236. The van der Waals surface area contributed by atoms with E-state index in [4.69, 9.17) is 11.6 Å². The number of aromatic hydroxyl groups is 1. The van der Waals surface area contributed by atoms with E-state index in [0.717, 1.165) is 59.7 Å². The van der Waals surface area contributed by atoms with Crippen molar-refractivity contribution in [2.45, 2.75) is 19.4 Å². The summed E-state index contributed by atoms with van der Waals surface area (Å²) in [6, 6.07) is 28.0. The number of phenolic OH excluding ortho intramolecular Hbond substituents is 1. The second kappa shape index (κ2) is 14.0. The van der Waals surface area contributed by atoms with E-state index in [1.165, 1.54) is 11.3 Å². The average Bonchev–Trinajstić information content (AvgIpc) is 3.07. The molecule has 0 bridgehead atoms. The number of anilines is 2. The highest BCUT2D eigenvalue weighted by atomic mass is 35.5. The number of nitrogens with zero attached hydrogens (tertiary/aromatic N) is 4. The number of alkyl halides is 1. The van der Waals surface area contributed by atoms with Gasteiger partial charge in [0.15, 0.2) is 0 Å². The number of imide groups is 1. The molecule has 3 aromatic carbocycles. The molecule has 0 spiro atoms. The van der Waals surface area contributed by atoms with Crippen LogP contribution >= 0.6 is 11.6 Å². The number of urea groups is 1. The maximum atomic E-state index is 12.5. The molecule has 0 saturated carbocycles. The number of piperazine rings is 1. The summed E-state index contributed by atoms with van der Waals surface area (Å²) in [6.45, 7) is 4.56. The van der Waals surface area contributed by atoms with Crippen LogP contribution in [-0.2, 0) is 11.3 Å². The van der Waals surface area contributed by atoms with Gasteiger partial charge in [0.1, 0.15) is 5.75 Å². The van der Waals surface area contributed by atoms with Crippen LogP contribution in [0.4, 0.5) is 16.2 Å². The van der Waals surface area contributed by atoms with Crippen molar-refractivity contribution in [3.05, 3.63) is 120 Å². The predicted molar refractivity (Wildman–Crippen MR) is 179 cm³/mol. The zero-order chi connectivity index (χ0) is 31.2. The molecule has 6 rings (SSSR count). The van der Waals surface area contributed by atoms with Gasteiger partial charge in [0, 0.05) is 63.5 Å². The first-order valence-electron chi connectivity index (χ1n) is 15.3. The number of halogens is 1. The molecule has 1 aromatic heterocycles. The normalized spacial score (nSPS) is 16.4. The standard InChI is InChI=1S/C36H36ClN5O3/c37-17-14-32(26-4-2-1-3-5-26)35(28-8-12-31(43)13-9-28)27-6-10-30(11-7-27)41-22-20-40(21-23-41)25-29-15-18-38-24-33(29)42-19-16-34(44)39-36(42)45/h1-13,15,18,24,43H,14,16-17,19-23,25H2,(H,39,44,45). The summed E-state index contributed by atoms with van der Waals surface area (Å²) in [4.78, 5) is 34.8. The molecule has 2 aliphatic heterocycles. The molecule has 2 aliphatic rings. The number of rotatable bonds is 9. The highest BCUT2D eigenvalue weighted by molar-refractivity contribution is 6.18. The maximum Gasteiger partial charge on any atom is 0.328 e. The van der Waals surface area contributed by atoms with Gasteiger partial charge in [0.2, 0.25) is 5.91 Å². The van der Waals surface area contributed by atoms with Crippen LogP contribution in [-0.4, -0.2) is 65.5 Å². The summed E-state index contributed by atoms with van der Waals surface area (Å²) < 4.78 is 0. The Hall–Kier alpha value is -4.66. The number of carbonyl (C=O) groups excluding carboxylic acids is 2. The topological polar surface area (TPSA) is 89.0 Å². The van der Waals surface area contributed by atoms with Crippen LogP contribution in [0, 0.1) is 0 Å². The fraction of sp³-hybridized carbons (Fsp3) is 0.250. The number of carbonyl (C=O) groups is 2. The Balaban J connectivity index is 1.18. The first-order valence-corrected chi connectivity index (χ1v) is 15.8. The third-order valence-electron chi connectivity index (χ3n) is 8.44. The van der Waals surface area contributed by atoms with E-state index in [9.17, 15) is 14.7 Å². The van der Waals surface area contributed by atoms with Crippen molar-refractivity contribution in [1.29, 1.82) is 0 Å². The van der Waals surface area contributed by atoms with Crippen LogP contribution in [0.25, 0.3) is 11.1 Å². The van der Waals surface area contributed by atoms with Crippen molar-refractivity contribution in [3.8, 4) is 5.75 Å². The predicted octanol–water partition coefficient (Wildman–Crippen LogP) is 6.14. The van der Waals surface area contributed by atoms with E-state index in [2.05, 4.69) is 56.5 Å². The van der Waals surface area contributed by atoms with Gasteiger partial charge in [-0.25, -0.2) is 4.79 Å². The molecular weight excluding hydrogens is 586 g/mol. The SMILES string of the molecule is O=C1CCN(c2cnccc2CN2CCN(c3ccc(C(=C(CCCl)c4ccccc4)c4ccc(O)cc4)cc3)CC2)C(=O)N1. The number of allylic oxidation sites excluding steroid dienone is 1. The number of hydrogen-bond acceptors (Lipinski definition) is 6. The lowest BCUT2D eigenvalue weighted by Gasteiger charge is -2.37. The quantitative estimate of drug-likeness (QED) is 0.172. The van der Waals surface area contributed by atoms with Crippen LogP contribution in [0.3, 0.4) is 0 Å². The first-order chi connectivity index (χ1) is 22.0. The molecule has 0 aliphatic carbocycles. The van der Waals surface area contributed by atoms with E-state index in [-0.39, 0.29) is 18.1 Å². The zero-order valence-corrected chi connectivity index (χ0v) is 25.8. The number of nitrogens with one attached hydrogen (secondary N) is 1. The third kappa shape index (κ3) is 7.03. The molecule has 0 unspecified atom stereocenters. The molecule has 0 atom stereocenters. The first kappa shape index (κ1) is 30.4. The van der Waals surface area contributed by atoms with Gasteiger partial charge in [-0.05, 0) is 70.2 Å². The highest BCUT2D eigenvalue weighted by Crippen LogP contribution is 2.36. The molecule has 9 heteroatoms. The molecule has 3 amide bonds. The van der Waals surface area contributed by atoms with Crippen LogP contribution in [0.5, 0.6) is 5.75 Å². The summed E-state index contributed by atoms with van der Waals surface area (Å²) >= 11 is 6.32. The Bertz CT molecular complexity index is 1670. The molecular formula is C36H36ClN5O3. The van der Waals surface area contributed by atoms with Crippen molar-refractivity contribution in [2.24, 2.45) is 0 Å². The summed E-state index contributed by atoms with van der Waals surface area (Å²) in [5.74, 6) is 0.491. The van der Waals surface area contributed by atoms with E-state index in [0.29, 0.717) is 25.4 Å². The number of pyridine rings is 1. The largest absolute Gasteiger partial charge is 0.508 e. The van der Waals surface area contributed by atoms with Gasteiger partial charge in [-0.3, -0.25) is 24.9 Å². The number of amides is 3. The molecule has 8 nitrogen and oxygen atoms in total. The molecule has 3 heterocycles. The Kier molecular flexibility index (Phi) is 9.43. The van der Waals surface area contributed by atoms with Crippen LogP contribution in [0.2, 0.25) is 0 Å². The second-order valence-electron chi connectivity index (χ2n) is 11.3. The van der Waals surface area contributed by atoms with Gasteiger partial charge in [0.25, 0.3) is 0 Å². The van der Waals surface area contributed by atoms with Gasteiger partial charge in [0.05, 0.1) is 11.9 Å². The molecule has 4 aromatic rings. The number of phenols is 1. The maximum absolute atomic E-state index is 12.5. The van der Waals surface area contributed by atoms with Crippen molar-refractivity contribution < 1.29 is 14.7 Å². The van der Waals surface area contributed by atoms with E-state index < -0.39 is 6.03 Å². The third-order valence-corrected chi connectivity index (χ3v) is 8.63. The van der Waals surface area contributed by atoms with Crippen molar-refractivity contribution in [1.82, 2.24) is 15.2 Å². The van der Waals surface area contributed by atoms with Gasteiger partial charge in [-0.2, -0.15) is 0 Å². The minimum Gasteiger partial charge on any atom is -0.508 e. The van der Waals surface area contributed by atoms with Gasteiger partial charge in [-0.1, -0.05) is 54.6 Å². The van der Waals surface area contributed by atoms with Crippen molar-refractivity contribution in [3.63, 3.8) is 0 Å². The Morgan fingerprint density at radius 2 is 1.51 bits per heavy atom. The average molecular weight is 622 g/mol. The van der Waals surface area contributed by atoms with Crippen LogP contribution in [0.15, 0.2) is 97.3 Å². The van der Waals surface area contributed by atoms with Crippen molar-refractivity contribution in [2.75, 3.05) is 48.4 Å². The molecule has 0 radical (unpaired) electrons. The summed E-state index contributed by atoms with van der Waals surface area (Å²) in [7, 11) is 0. The highest BCUT2D eigenvalue weighted by Gasteiger charge is 2.27. The van der Waals surface area contributed by atoms with Crippen molar-refractivity contribution >= 4 is 46.1 Å². The number of aromatic nitrogens is 1. The lowest BCUT2D eigenvalue weighted by Crippen LogP contribution is -2.50. The number of benzene rings is 3. The van der Waals surface area contributed by atoms with E-state index in [1.807, 2.05) is 36.4 Å². The smallest absolute Gasteiger partial charge is 0.328 e. The summed E-state index contributed by atoms with van der Waals surface area (Å²) in [5, 5.41) is 12.4. The van der Waals surface area contributed by atoms with Crippen LogP contribution in [0.1, 0.15) is 35.1 Å². The lowest BCUT2D eigenvalue weighted by atomic mass is 9.88. The fourth-order valence-corrected chi connectivity index (χ4v) is 6.31. The summed E-state index contributed by atoms with van der Waals surface area (Å²) in [6.07, 6.45) is 4.45. The van der Waals surface area contributed by atoms with E-state index in [1.54, 1.807) is 29.4 Å². The molecule has 2 fully saturated rings. The lowest BCUT2D eigenvalue weighted by molar-refractivity contribution is -0.120. The fourth-order valence-electron chi connectivity index (χ4n) is 6.12. The van der Waals surface area contributed by atoms with Gasteiger partial charge < -0.3 is 10.0 Å². The Morgan fingerprint density at radius 3 is 2.18 bits per heavy atom. The summed E-state index contributed by atoms with van der Waals surface area (Å²) in [5.41, 5.74) is 8.48.